The number of benzene rings is 2. The predicted molar refractivity (Wildman–Crippen MR) is 114 cm³/mol. The first-order valence-corrected chi connectivity index (χ1v) is 10.9. The summed E-state index contributed by atoms with van der Waals surface area (Å²) in [5.74, 6) is 1.86. The number of hydrogen-bond acceptors (Lipinski definition) is 4. The van der Waals surface area contributed by atoms with Crippen molar-refractivity contribution in [3.05, 3.63) is 71.5 Å². The fraction of sp³-hybridized carbons (Fsp3) is 0.435. The number of rotatable bonds is 8. The Labute approximate surface area is 178 Å². The van der Waals surface area contributed by atoms with Gasteiger partial charge in [0.05, 0.1) is 13.7 Å². The van der Waals surface area contributed by atoms with Crippen LogP contribution in [0.25, 0.3) is 0 Å². The maximum absolute atomic E-state index is 5.26. The van der Waals surface area contributed by atoms with Crippen LogP contribution in [0, 0.1) is 0 Å². The van der Waals surface area contributed by atoms with Crippen LogP contribution in [0.15, 0.2) is 54.6 Å². The molecule has 1 fully saturated rings. The third-order valence-corrected chi connectivity index (χ3v) is 6.16. The molecule has 158 valence electrons. The van der Waals surface area contributed by atoms with E-state index in [0.29, 0.717) is 12.6 Å². The molecule has 4 rings (SSSR count). The molecule has 1 atom stereocenters. The van der Waals surface area contributed by atoms with Crippen LogP contribution in [0.1, 0.15) is 36.3 Å². The van der Waals surface area contributed by atoms with E-state index < -0.39 is 0 Å². The van der Waals surface area contributed by atoms with E-state index in [0.717, 1.165) is 37.6 Å². The average molecular weight is 409 g/mol. The van der Waals surface area contributed by atoms with Crippen molar-refractivity contribution in [2.24, 2.45) is 0 Å². The average Bonchev–Trinajstić information content (AvgIpc) is 3.24. The lowest BCUT2D eigenvalue weighted by molar-refractivity contribution is -1.03. The molecule has 0 saturated carbocycles. The Hall–Kier alpha value is -2.77. The fourth-order valence-corrected chi connectivity index (χ4v) is 4.47. The van der Waals surface area contributed by atoms with Gasteiger partial charge in [0.2, 0.25) is 5.82 Å². The first-order chi connectivity index (χ1) is 14.8. The molecule has 0 amide bonds. The Morgan fingerprint density at radius 1 is 0.967 bits per heavy atom. The smallest absolute Gasteiger partial charge is 0.209 e. The van der Waals surface area contributed by atoms with Crippen LogP contribution in [0.2, 0.25) is 0 Å². The molecule has 0 bridgehead atoms. The normalized spacial score (nSPS) is 20.1. The number of quaternary nitrogens is 2. The molecule has 0 radical (unpaired) electrons. The Morgan fingerprint density at radius 3 is 2.37 bits per heavy atom. The zero-order chi connectivity index (χ0) is 20.8. The Balaban J connectivity index is 1.39. The summed E-state index contributed by atoms with van der Waals surface area (Å²) in [7, 11) is 1.68. The lowest BCUT2D eigenvalue weighted by atomic mass is 10.1. The van der Waals surface area contributed by atoms with Gasteiger partial charge >= 0.3 is 0 Å². The highest BCUT2D eigenvalue weighted by Gasteiger charge is 2.33. The van der Waals surface area contributed by atoms with Crippen LogP contribution >= 0.6 is 0 Å². The maximum Gasteiger partial charge on any atom is 0.209 e. The van der Waals surface area contributed by atoms with Crippen molar-refractivity contribution in [3.63, 3.8) is 0 Å². The Bertz CT molecular complexity index is 903. The summed E-state index contributed by atoms with van der Waals surface area (Å²) in [4.78, 5) is 3.26. The minimum atomic E-state index is 0.330. The van der Waals surface area contributed by atoms with Gasteiger partial charge < -0.3 is 14.5 Å². The molecule has 30 heavy (non-hydrogen) atoms. The predicted octanol–water partition coefficient (Wildman–Crippen LogP) is 0.165. The van der Waals surface area contributed by atoms with E-state index in [-0.39, 0.29) is 0 Å². The lowest BCUT2D eigenvalue weighted by Gasteiger charge is -2.33. The van der Waals surface area contributed by atoms with E-state index in [4.69, 9.17) is 4.74 Å². The highest BCUT2D eigenvalue weighted by molar-refractivity contribution is 5.27. The van der Waals surface area contributed by atoms with Crippen molar-refractivity contribution >= 4 is 0 Å². The van der Waals surface area contributed by atoms with Crippen molar-refractivity contribution in [2.45, 2.75) is 32.5 Å². The number of ether oxygens (including phenoxy) is 1. The monoisotopic (exact) mass is 408 g/mol. The number of hydrogen-bond donors (Lipinski definition) is 2. The quantitative estimate of drug-likeness (QED) is 0.558. The minimum absolute atomic E-state index is 0.330. The number of aromatic nitrogens is 4. The summed E-state index contributed by atoms with van der Waals surface area (Å²) in [6, 6.07) is 19.3. The van der Waals surface area contributed by atoms with Crippen LogP contribution < -0.4 is 14.5 Å². The number of methoxy groups -OCH3 is 1. The fourth-order valence-electron chi connectivity index (χ4n) is 4.47. The number of nitrogens with one attached hydrogen (secondary N) is 2. The van der Waals surface area contributed by atoms with Crippen molar-refractivity contribution in [1.29, 1.82) is 0 Å². The van der Waals surface area contributed by atoms with Gasteiger partial charge in [-0.3, -0.25) is 0 Å². The van der Waals surface area contributed by atoms with E-state index >= 15 is 0 Å². The molecule has 1 aliphatic rings. The second-order valence-electron chi connectivity index (χ2n) is 8.07. The minimum Gasteiger partial charge on any atom is -0.497 e. The molecule has 2 N–H and O–H groups in total. The first kappa shape index (κ1) is 20.5. The highest BCUT2D eigenvalue weighted by atomic mass is 16.5. The van der Waals surface area contributed by atoms with Gasteiger partial charge in [-0.2, -0.15) is 0 Å². The van der Waals surface area contributed by atoms with E-state index in [9.17, 15) is 0 Å². The van der Waals surface area contributed by atoms with Crippen LogP contribution in [0.4, 0.5) is 0 Å². The van der Waals surface area contributed by atoms with Gasteiger partial charge in [0, 0.05) is 12.0 Å². The van der Waals surface area contributed by atoms with Gasteiger partial charge in [-0.1, -0.05) is 49.4 Å². The SMILES string of the molecule is CC[C@H](c1nnnn1Cc1ccc(OC)cc1)[NH+]1CC[NH+](Cc2ccccc2)CC1. The highest BCUT2D eigenvalue weighted by Crippen LogP contribution is 2.15. The van der Waals surface area contributed by atoms with Gasteiger partial charge in [-0.15, -0.1) is 5.10 Å². The van der Waals surface area contributed by atoms with Crippen molar-refractivity contribution in [1.82, 2.24) is 20.2 Å². The molecular formula is C23H32N6O+2. The summed E-state index contributed by atoms with van der Waals surface area (Å²) in [6.45, 7) is 8.70. The van der Waals surface area contributed by atoms with Crippen molar-refractivity contribution in [3.8, 4) is 5.75 Å². The molecule has 3 aromatic rings. The van der Waals surface area contributed by atoms with E-state index in [1.165, 1.54) is 24.2 Å². The van der Waals surface area contributed by atoms with Crippen LogP contribution in [0.3, 0.4) is 0 Å². The summed E-state index contributed by atoms with van der Waals surface area (Å²) < 4.78 is 7.22. The first-order valence-electron chi connectivity index (χ1n) is 10.9. The Kier molecular flexibility index (Phi) is 6.71. The van der Waals surface area contributed by atoms with Gasteiger partial charge in [-0.05, 0) is 28.1 Å². The molecule has 0 spiro atoms. The zero-order valence-electron chi connectivity index (χ0n) is 17.9. The van der Waals surface area contributed by atoms with Gasteiger partial charge in [0.1, 0.15) is 44.5 Å². The second-order valence-corrected chi connectivity index (χ2v) is 8.07. The van der Waals surface area contributed by atoms with Crippen LogP contribution in [-0.2, 0) is 13.1 Å². The molecule has 7 nitrogen and oxygen atoms in total. The molecule has 2 heterocycles. The standard InChI is InChI=1S/C23H30N6O/c1-3-22(28-15-13-27(14-16-28)17-19-7-5-4-6-8-19)23-24-25-26-29(23)18-20-9-11-21(30-2)12-10-20/h4-12,22H,3,13-18H2,1-2H3/p+2/t22-/m1/s1. The summed E-state index contributed by atoms with van der Waals surface area (Å²) in [5.41, 5.74) is 2.60. The molecule has 0 aliphatic carbocycles. The number of nitrogens with zero attached hydrogens (tertiary/aromatic N) is 4. The van der Waals surface area contributed by atoms with E-state index in [2.05, 4.69) is 64.9 Å². The zero-order valence-corrected chi connectivity index (χ0v) is 17.9. The number of tetrazole rings is 1. The summed E-state index contributed by atoms with van der Waals surface area (Å²) >= 11 is 0. The van der Waals surface area contributed by atoms with Gasteiger partial charge in [0.25, 0.3) is 0 Å². The largest absolute Gasteiger partial charge is 0.497 e. The molecule has 7 heteroatoms. The second kappa shape index (κ2) is 9.82. The topological polar surface area (TPSA) is 61.7 Å². The lowest BCUT2D eigenvalue weighted by Crippen LogP contribution is -3.27. The van der Waals surface area contributed by atoms with Gasteiger partial charge in [-0.25, -0.2) is 4.68 Å². The summed E-state index contributed by atoms with van der Waals surface area (Å²) in [6.07, 6.45) is 1.03. The third kappa shape index (κ3) is 4.86. The number of piperazine rings is 1. The molecule has 1 aliphatic heterocycles. The van der Waals surface area contributed by atoms with Crippen molar-refractivity contribution in [2.75, 3.05) is 33.3 Å². The molecule has 2 aromatic carbocycles. The summed E-state index contributed by atoms with van der Waals surface area (Å²) in [5, 5.41) is 12.7. The molecule has 0 unspecified atom stereocenters. The van der Waals surface area contributed by atoms with Crippen molar-refractivity contribution < 1.29 is 14.5 Å². The van der Waals surface area contributed by atoms with E-state index in [1.807, 2.05) is 16.8 Å². The molecular weight excluding hydrogens is 376 g/mol. The maximum atomic E-state index is 5.26. The van der Waals surface area contributed by atoms with Gasteiger partial charge in [0.15, 0.2) is 0 Å². The molecule has 1 aromatic heterocycles. The van der Waals surface area contributed by atoms with Crippen LogP contribution in [0.5, 0.6) is 5.75 Å². The Morgan fingerprint density at radius 2 is 1.70 bits per heavy atom. The third-order valence-electron chi connectivity index (χ3n) is 6.16. The van der Waals surface area contributed by atoms with Crippen LogP contribution in [-0.4, -0.2) is 53.5 Å². The van der Waals surface area contributed by atoms with E-state index in [1.54, 1.807) is 16.9 Å². The molecule has 1 saturated heterocycles.